The van der Waals surface area contributed by atoms with Gasteiger partial charge in [0, 0.05) is 70.8 Å². The van der Waals surface area contributed by atoms with Gasteiger partial charge in [0.1, 0.15) is 16.9 Å². The molecule has 0 unspecified atom stereocenters. The Kier molecular flexibility index (Phi) is 14.1. The predicted molar refractivity (Wildman–Crippen MR) is 231 cm³/mol. The van der Waals surface area contributed by atoms with E-state index in [2.05, 4.69) is 103 Å². The number of nitrogens with zero attached hydrogens (tertiary/aromatic N) is 1. The predicted octanol–water partition coefficient (Wildman–Crippen LogP) is 14.6. The van der Waals surface area contributed by atoms with Crippen LogP contribution < -0.4 is 0 Å². The van der Waals surface area contributed by atoms with Crippen molar-refractivity contribution in [3.05, 3.63) is 101 Å². The molecule has 3 aromatic heterocycles. The summed E-state index contributed by atoms with van der Waals surface area (Å²) in [6, 6.07) is 22.9. The molecule has 0 saturated heterocycles. The number of allylic oxidation sites excluding steroid dienone is 2. The van der Waals surface area contributed by atoms with Crippen LogP contribution in [0, 0.1) is 36.7 Å². The van der Waals surface area contributed by atoms with E-state index in [1.165, 1.54) is 22.6 Å². The molecule has 0 amide bonds. The fourth-order valence-electron chi connectivity index (χ4n) is 7.36. The van der Waals surface area contributed by atoms with E-state index >= 15 is 0 Å². The number of aromatic nitrogens is 1. The molecule has 1 radical (unpaired) electrons. The van der Waals surface area contributed by atoms with Crippen molar-refractivity contribution in [2.45, 2.75) is 128 Å². The van der Waals surface area contributed by atoms with Gasteiger partial charge in [0.2, 0.25) is 0 Å². The second-order valence-corrected chi connectivity index (χ2v) is 17.4. The van der Waals surface area contributed by atoms with Crippen molar-refractivity contribution < 1.29 is 38.8 Å². The number of hydrogen-bond donors (Lipinski definition) is 1. The van der Waals surface area contributed by atoms with Crippen molar-refractivity contribution in [1.82, 2.24) is 4.98 Å². The summed E-state index contributed by atoms with van der Waals surface area (Å²) in [5.74, 6) is 2.45. The van der Waals surface area contributed by atoms with Gasteiger partial charge in [0.25, 0.3) is 0 Å². The molecule has 56 heavy (non-hydrogen) atoms. The fourth-order valence-corrected chi connectivity index (χ4v) is 7.36. The second kappa shape index (κ2) is 17.7. The van der Waals surface area contributed by atoms with Crippen molar-refractivity contribution in [3.8, 4) is 22.8 Å². The van der Waals surface area contributed by atoms with E-state index in [1.54, 1.807) is 0 Å². The third-order valence-corrected chi connectivity index (χ3v) is 12.1. The topological polar surface area (TPSA) is 76.5 Å². The van der Waals surface area contributed by atoms with Crippen LogP contribution in [0.25, 0.3) is 55.5 Å². The van der Waals surface area contributed by atoms with Gasteiger partial charge in [-0.2, -0.15) is 0 Å². The first-order valence-electron chi connectivity index (χ1n) is 20.2. The first-order valence-corrected chi connectivity index (χ1v) is 20.2. The number of rotatable bonds is 11. The number of ketones is 1. The Hall–Kier alpha value is -3.99. The van der Waals surface area contributed by atoms with Gasteiger partial charge in [0.15, 0.2) is 17.3 Å². The van der Waals surface area contributed by atoms with Crippen LogP contribution in [0.4, 0.5) is 0 Å². The zero-order chi connectivity index (χ0) is 40.5. The molecule has 0 atom stereocenters. The summed E-state index contributed by atoms with van der Waals surface area (Å²) in [6.45, 7) is 27.6. The summed E-state index contributed by atoms with van der Waals surface area (Å²) in [5.41, 5.74) is 7.70. The fraction of sp³-hybridized carbons (Fsp3) is 0.440. The van der Waals surface area contributed by atoms with E-state index in [1.807, 2.05) is 53.8 Å². The molecule has 0 spiro atoms. The molecule has 3 heterocycles. The Balaban J connectivity index is 0.000000330. The molecule has 0 aliphatic rings. The van der Waals surface area contributed by atoms with Crippen LogP contribution in [0.2, 0.25) is 0 Å². The maximum atomic E-state index is 12.2. The number of carbonyl (C=O) groups excluding carboxylic acids is 1. The number of hydrogen-bond acceptors (Lipinski definition) is 5. The summed E-state index contributed by atoms with van der Waals surface area (Å²) in [5, 5.41) is 14.6. The number of pyridine rings is 1. The van der Waals surface area contributed by atoms with Crippen LogP contribution in [-0.4, -0.2) is 15.9 Å². The minimum absolute atomic E-state index is 0. The number of aryl methyl sites for hydroxylation is 2. The molecule has 6 heteroatoms. The van der Waals surface area contributed by atoms with Crippen molar-refractivity contribution in [2.24, 2.45) is 16.7 Å². The molecule has 5 nitrogen and oxygen atoms in total. The Labute approximate surface area is 348 Å². The Morgan fingerprint density at radius 2 is 1.41 bits per heavy atom. The first kappa shape index (κ1) is 44.7. The normalized spacial score (nSPS) is 12.6. The average molecular weight is 933 g/mol. The van der Waals surface area contributed by atoms with Gasteiger partial charge in [0.05, 0.1) is 0 Å². The molecule has 0 bridgehead atoms. The number of furan rings is 2. The van der Waals surface area contributed by atoms with Gasteiger partial charge in [-0.3, -0.25) is 9.78 Å². The van der Waals surface area contributed by atoms with Crippen LogP contribution in [0.3, 0.4) is 0 Å². The minimum Gasteiger partial charge on any atom is -0.512 e. The maximum absolute atomic E-state index is 12.2. The molecular weight excluding hydrogens is 871 g/mol. The quantitative estimate of drug-likeness (QED) is 0.0796. The van der Waals surface area contributed by atoms with Gasteiger partial charge >= 0.3 is 0 Å². The smallest absolute Gasteiger partial charge is 0.173 e. The number of fused-ring (bicyclic) bond motifs is 3. The summed E-state index contributed by atoms with van der Waals surface area (Å²) in [4.78, 5) is 17.0. The third-order valence-electron chi connectivity index (χ3n) is 12.1. The van der Waals surface area contributed by atoms with Crippen molar-refractivity contribution in [1.29, 1.82) is 0 Å². The number of aliphatic hydroxyl groups excluding tert-OH is 1. The molecule has 0 aliphatic heterocycles. The third kappa shape index (κ3) is 8.93. The van der Waals surface area contributed by atoms with Gasteiger partial charge in [-0.1, -0.05) is 111 Å². The van der Waals surface area contributed by atoms with Gasteiger partial charge in [-0.05, 0) is 81.0 Å². The maximum Gasteiger partial charge on any atom is 0.173 e. The van der Waals surface area contributed by atoms with E-state index in [4.69, 9.17) is 13.8 Å². The molecule has 0 saturated carbocycles. The number of carbonyl (C=O) groups is 1. The van der Waals surface area contributed by atoms with E-state index in [9.17, 15) is 9.90 Å². The molecule has 301 valence electrons. The van der Waals surface area contributed by atoms with E-state index < -0.39 is 0 Å². The van der Waals surface area contributed by atoms with Gasteiger partial charge < -0.3 is 13.9 Å². The van der Waals surface area contributed by atoms with Gasteiger partial charge in [-0.25, -0.2) is 0 Å². The summed E-state index contributed by atoms with van der Waals surface area (Å²) in [7, 11) is 0. The van der Waals surface area contributed by atoms with E-state index in [-0.39, 0.29) is 47.9 Å². The number of benzene rings is 3. The molecule has 0 fully saturated rings. The molecule has 3 aromatic carbocycles. The standard InChI is InChI=1S/C35H34NO2.C15H28O2.Ir/c1-20(2)16-23-12-13-29-27(17-23)21(3)33(37-29)34-22(4)31-30(38-34)14-15-36-32(31)25-18-24-10-8-9-11-26(24)28(19-25)35(5,6)7;1-7-14(5,8-2)12(16)11-13(17)15(6,9-3)10-4;/h8-15,17,19-20H,16H2,1-7H3;11,16H,7-10H2,1-6H3;/q-1;;/b;12-11-;. The molecule has 6 aromatic rings. The summed E-state index contributed by atoms with van der Waals surface area (Å²) >= 11 is 0. The van der Waals surface area contributed by atoms with Crippen molar-refractivity contribution >= 4 is 38.5 Å². The Bertz CT molecular complexity index is 2340. The molecule has 1 N–H and O–H groups in total. The van der Waals surface area contributed by atoms with Crippen LogP contribution in [0.1, 0.15) is 124 Å². The summed E-state index contributed by atoms with van der Waals surface area (Å²) in [6.07, 6.45) is 7.63. The molecular formula is C50H62IrNO4-. The zero-order valence-corrected chi connectivity index (χ0v) is 38.3. The Morgan fingerprint density at radius 3 is 2.02 bits per heavy atom. The zero-order valence-electron chi connectivity index (χ0n) is 35.9. The molecule has 6 rings (SSSR count). The van der Waals surface area contributed by atoms with Crippen LogP contribution >= 0.6 is 0 Å². The van der Waals surface area contributed by atoms with Crippen molar-refractivity contribution in [3.63, 3.8) is 0 Å². The Morgan fingerprint density at radius 1 is 0.804 bits per heavy atom. The van der Waals surface area contributed by atoms with Gasteiger partial charge in [-0.15, -0.1) is 29.1 Å². The van der Waals surface area contributed by atoms with Crippen LogP contribution in [0.15, 0.2) is 81.5 Å². The average Bonchev–Trinajstić information content (AvgIpc) is 3.68. The van der Waals surface area contributed by atoms with E-state index in [0.717, 1.165) is 93.3 Å². The van der Waals surface area contributed by atoms with Crippen LogP contribution in [0.5, 0.6) is 0 Å². The summed E-state index contributed by atoms with van der Waals surface area (Å²) < 4.78 is 12.9. The molecule has 0 aliphatic carbocycles. The largest absolute Gasteiger partial charge is 0.512 e. The van der Waals surface area contributed by atoms with Crippen LogP contribution in [-0.2, 0) is 36.7 Å². The number of aliphatic hydroxyl groups is 1. The van der Waals surface area contributed by atoms with Crippen molar-refractivity contribution in [2.75, 3.05) is 0 Å². The second-order valence-electron chi connectivity index (χ2n) is 17.4. The van der Waals surface area contributed by atoms with E-state index in [0.29, 0.717) is 5.92 Å². The first-order chi connectivity index (χ1) is 25.9. The minimum atomic E-state index is -0.337. The SMILES string of the molecule is CCC(C)(CC)C(=O)/C=C(\O)C(C)(CC)CC.Cc1c(-c2oc3ccnc(-c4[c-]c5ccccc5c(C(C)(C)C)c4)c3c2C)oc2ccc(CC(C)C)cc12.[Ir]. The monoisotopic (exact) mass is 933 g/mol.